The number of benzene rings is 2. The van der Waals surface area contributed by atoms with Gasteiger partial charge >= 0.3 is 18.2 Å². The zero-order valence-electron chi connectivity index (χ0n) is 18.2. The number of carbonyl (C=O) groups excluding carboxylic acids is 1. The fourth-order valence-electron chi connectivity index (χ4n) is 2.45. The normalized spacial score (nSPS) is 12.4. The third-order valence-corrected chi connectivity index (χ3v) is 3.86. The summed E-state index contributed by atoms with van der Waals surface area (Å²) >= 11 is 0. The van der Waals surface area contributed by atoms with E-state index in [0.717, 1.165) is 12.1 Å². The highest BCUT2D eigenvalue weighted by atomic mass is 19.1. The standard InChI is InChI=1S/C13H16FNO4.C9H10FNO3/c1-13(2,3)19-12(18)15-10(11(16)17)8-4-6-9(14)7-5-8;10-7-3-1-6(2-4-7)8(5-12)11-9(13)14/h4-7,10H,1-3H3,(H,15,18)(H,16,17);1-4,8,11-12H,5H2,(H,13,14). The number of hydrogen-bond donors (Lipinski definition) is 5. The Morgan fingerprint density at radius 1 is 0.879 bits per heavy atom. The number of hydrogen-bond acceptors (Lipinski definition) is 5. The Morgan fingerprint density at radius 3 is 1.70 bits per heavy atom. The highest BCUT2D eigenvalue weighted by Gasteiger charge is 2.25. The Balaban J connectivity index is 0.000000346. The maximum Gasteiger partial charge on any atom is 0.408 e. The molecule has 0 aliphatic heterocycles. The van der Waals surface area contributed by atoms with Crippen molar-refractivity contribution in [3.05, 3.63) is 71.3 Å². The van der Waals surface area contributed by atoms with Crippen LogP contribution < -0.4 is 10.6 Å². The molecule has 0 bridgehead atoms. The molecule has 11 heteroatoms. The quantitative estimate of drug-likeness (QED) is 0.435. The lowest BCUT2D eigenvalue weighted by atomic mass is 10.1. The van der Waals surface area contributed by atoms with Gasteiger partial charge in [0.15, 0.2) is 6.04 Å². The van der Waals surface area contributed by atoms with E-state index in [2.05, 4.69) is 10.6 Å². The highest BCUT2D eigenvalue weighted by molar-refractivity contribution is 5.81. The molecule has 0 heterocycles. The number of nitrogens with one attached hydrogen (secondary N) is 2. The van der Waals surface area contributed by atoms with E-state index < -0.39 is 47.5 Å². The summed E-state index contributed by atoms with van der Waals surface area (Å²) in [5.74, 6) is -2.14. The van der Waals surface area contributed by atoms with E-state index in [1.807, 2.05) is 0 Å². The fourth-order valence-corrected chi connectivity index (χ4v) is 2.45. The summed E-state index contributed by atoms with van der Waals surface area (Å²) in [7, 11) is 0. The first-order valence-electron chi connectivity index (χ1n) is 9.66. The van der Waals surface area contributed by atoms with Crippen LogP contribution in [0.15, 0.2) is 48.5 Å². The molecule has 0 radical (unpaired) electrons. The highest BCUT2D eigenvalue weighted by Crippen LogP contribution is 2.16. The zero-order valence-corrected chi connectivity index (χ0v) is 18.2. The molecule has 0 aromatic heterocycles. The number of alkyl carbamates (subject to hydrolysis) is 1. The van der Waals surface area contributed by atoms with Gasteiger partial charge in [0, 0.05) is 0 Å². The minimum atomic E-state index is -1.28. The molecule has 0 aliphatic rings. The molecule has 2 aromatic rings. The number of aliphatic hydroxyl groups excluding tert-OH is 1. The van der Waals surface area contributed by atoms with Crippen molar-refractivity contribution in [2.24, 2.45) is 0 Å². The van der Waals surface area contributed by atoms with E-state index in [-0.39, 0.29) is 12.2 Å². The molecule has 2 unspecified atom stereocenters. The van der Waals surface area contributed by atoms with E-state index in [1.54, 1.807) is 20.8 Å². The molecular weight excluding hydrogens is 442 g/mol. The van der Waals surface area contributed by atoms with Crippen molar-refractivity contribution in [1.82, 2.24) is 10.6 Å². The lowest BCUT2D eigenvalue weighted by Gasteiger charge is -2.22. The SMILES string of the molecule is CC(C)(C)OC(=O)NC(C(=O)O)c1ccc(F)cc1.O=C(O)NC(CO)c1ccc(F)cc1. The molecule has 5 N–H and O–H groups in total. The molecule has 180 valence electrons. The summed E-state index contributed by atoms with van der Waals surface area (Å²) < 4.78 is 30.3. The van der Waals surface area contributed by atoms with Gasteiger partial charge in [-0.1, -0.05) is 24.3 Å². The van der Waals surface area contributed by atoms with Gasteiger partial charge in [0.1, 0.15) is 17.2 Å². The Morgan fingerprint density at radius 2 is 1.33 bits per heavy atom. The first kappa shape index (κ1) is 27.3. The van der Waals surface area contributed by atoms with Crippen molar-refractivity contribution in [2.75, 3.05) is 6.61 Å². The van der Waals surface area contributed by atoms with Crippen LogP contribution in [-0.4, -0.2) is 45.7 Å². The predicted molar refractivity (Wildman–Crippen MR) is 114 cm³/mol. The molecule has 0 spiro atoms. The second kappa shape index (κ2) is 12.3. The lowest BCUT2D eigenvalue weighted by molar-refractivity contribution is -0.139. The second-order valence-electron chi connectivity index (χ2n) is 7.71. The van der Waals surface area contributed by atoms with Crippen LogP contribution in [0.25, 0.3) is 0 Å². The van der Waals surface area contributed by atoms with Crippen LogP contribution >= 0.6 is 0 Å². The van der Waals surface area contributed by atoms with Gasteiger partial charge in [0.05, 0.1) is 12.6 Å². The van der Waals surface area contributed by atoms with Gasteiger partial charge in [-0.15, -0.1) is 0 Å². The Bertz CT molecular complexity index is 929. The second-order valence-corrected chi connectivity index (χ2v) is 7.71. The van der Waals surface area contributed by atoms with Crippen molar-refractivity contribution in [1.29, 1.82) is 0 Å². The minimum Gasteiger partial charge on any atom is -0.479 e. The molecule has 2 amide bonds. The first-order valence-corrected chi connectivity index (χ1v) is 9.66. The summed E-state index contributed by atoms with van der Waals surface area (Å²) in [6, 6.07) is 8.12. The number of amides is 2. The number of carboxylic acids is 1. The molecule has 0 aliphatic carbocycles. The average Bonchev–Trinajstić information content (AvgIpc) is 2.70. The van der Waals surface area contributed by atoms with Crippen molar-refractivity contribution in [3.8, 4) is 0 Å². The van der Waals surface area contributed by atoms with Crippen molar-refractivity contribution in [3.63, 3.8) is 0 Å². The van der Waals surface area contributed by atoms with Crippen LogP contribution in [0.1, 0.15) is 44.0 Å². The van der Waals surface area contributed by atoms with Crippen LogP contribution in [0, 0.1) is 11.6 Å². The smallest absolute Gasteiger partial charge is 0.408 e. The molecule has 0 saturated heterocycles. The van der Waals surface area contributed by atoms with Crippen LogP contribution in [0.2, 0.25) is 0 Å². The summed E-state index contributed by atoms with van der Waals surface area (Å²) in [6.45, 7) is 4.64. The van der Waals surface area contributed by atoms with Gasteiger partial charge < -0.3 is 30.7 Å². The van der Waals surface area contributed by atoms with Gasteiger partial charge in [0.2, 0.25) is 0 Å². The monoisotopic (exact) mass is 468 g/mol. The van der Waals surface area contributed by atoms with Crippen molar-refractivity contribution < 1.29 is 43.2 Å². The number of carboxylic acid groups (broad SMARTS) is 2. The third kappa shape index (κ3) is 10.4. The number of carbonyl (C=O) groups is 3. The Kier molecular flexibility index (Phi) is 10.2. The molecule has 33 heavy (non-hydrogen) atoms. The topological polar surface area (TPSA) is 145 Å². The van der Waals surface area contributed by atoms with E-state index in [1.165, 1.54) is 36.4 Å². The van der Waals surface area contributed by atoms with Gasteiger partial charge in [-0.05, 0) is 56.2 Å². The number of aliphatic carboxylic acids is 1. The molecule has 0 saturated carbocycles. The van der Waals surface area contributed by atoms with Crippen LogP contribution in [-0.2, 0) is 9.53 Å². The molecule has 2 atom stereocenters. The summed E-state index contributed by atoms with van der Waals surface area (Å²) in [4.78, 5) is 33.0. The van der Waals surface area contributed by atoms with E-state index in [0.29, 0.717) is 5.56 Å². The molecular formula is C22H26F2N2O7. The van der Waals surface area contributed by atoms with Crippen molar-refractivity contribution in [2.45, 2.75) is 38.5 Å². The van der Waals surface area contributed by atoms with Gasteiger partial charge in [0.25, 0.3) is 0 Å². The molecule has 2 rings (SSSR count). The Hall–Kier alpha value is -3.73. The van der Waals surface area contributed by atoms with Crippen LogP contribution in [0.4, 0.5) is 18.4 Å². The van der Waals surface area contributed by atoms with Gasteiger partial charge in [-0.3, -0.25) is 0 Å². The van der Waals surface area contributed by atoms with Gasteiger partial charge in [-0.25, -0.2) is 23.2 Å². The summed E-state index contributed by atoms with van der Waals surface area (Å²) in [6.07, 6.45) is -2.07. The van der Waals surface area contributed by atoms with Gasteiger partial charge in [-0.2, -0.15) is 0 Å². The average molecular weight is 468 g/mol. The largest absolute Gasteiger partial charge is 0.479 e. The van der Waals surface area contributed by atoms with Crippen LogP contribution in [0.3, 0.4) is 0 Å². The molecule has 0 fully saturated rings. The fraction of sp³-hybridized carbons (Fsp3) is 0.318. The van der Waals surface area contributed by atoms with Crippen molar-refractivity contribution >= 4 is 18.2 Å². The predicted octanol–water partition coefficient (Wildman–Crippen LogP) is 3.60. The van der Waals surface area contributed by atoms with Crippen LogP contribution in [0.5, 0.6) is 0 Å². The number of rotatable bonds is 6. The number of halogens is 2. The van der Waals surface area contributed by atoms with E-state index >= 15 is 0 Å². The summed E-state index contributed by atoms with van der Waals surface area (Å²) in [5, 5.41) is 30.7. The summed E-state index contributed by atoms with van der Waals surface area (Å²) in [5.41, 5.74) is 0.0618. The zero-order chi connectivity index (χ0) is 25.2. The lowest BCUT2D eigenvalue weighted by Crippen LogP contribution is -2.38. The maximum atomic E-state index is 12.8. The van der Waals surface area contributed by atoms with E-state index in [4.69, 9.17) is 20.1 Å². The number of ether oxygens (including phenoxy) is 1. The number of aliphatic hydroxyl groups is 1. The maximum absolute atomic E-state index is 12.8. The molecule has 2 aromatic carbocycles. The minimum absolute atomic E-state index is 0.264. The molecule has 9 nitrogen and oxygen atoms in total. The first-order chi connectivity index (χ1) is 15.3. The van der Waals surface area contributed by atoms with E-state index in [9.17, 15) is 23.2 Å². The third-order valence-electron chi connectivity index (χ3n) is 3.86. The Labute approximate surface area is 189 Å².